The Kier molecular flexibility index (Phi) is 14.4. The van der Waals surface area contributed by atoms with Crippen molar-refractivity contribution in [2.24, 2.45) is 4.99 Å². The second kappa shape index (κ2) is 15.0. The van der Waals surface area contributed by atoms with Crippen molar-refractivity contribution in [1.82, 2.24) is 15.5 Å². The molecule has 1 aromatic carbocycles. The van der Waals surface area contributed by atoms with Crippen LogP contribution in [0.1, 0.15) is 24.5 Å². The van der Waals surface area contributed by atoms with Crippen molar-refractivity contribution < 1.29 is 9.47 Å². The van der Waals surface area contributed by atoms with E-state index in [4.69, 9.17) is 9.47 Å². The van der Waals surface area contributed by atoms with Gasteiger partial charge < -0.3 is 25.0 Å². The quantitative estimate of drug-likeness (QED) is 0.222. The third-order valence-electron chi connectivity index (χ3n) is 3.97. The Morgan fingerprint density at radius 1 is 1.23 bits per heavy atom. The van der Waals surface area contributed by atoms with E-state index in [2.05, 4.69) is 59.6 Å². The van der Waals surface area contributed by atoms with Gasteiger partial charge in [0.1, 0.15) is 5.75 Å². The van der Waals surface area contributed by atoms with Crippen molar-refractivity contribution in [3.8, 4) is 5.75 Å². The number of hydrogen-bond acceptors (Lipinski definition) is 4. The highest BCUT2D eigenvalue weighted by molar-refractivity contribution is 14.0. The van der Waals surface area contributed by atoms with E-state index in [1.54, 1.807) is 14.2 Å². The molecule has 0 saturated heterocycles. The van der Waals surface area contributed by atoms with E-state index in [1.807, 2.05) is 0 Å². The molecule has 0 radical (unpaired) electrons. The Labute approximate surface area is 175 Å². The van der Waals surface area contributed by atoms with Crippen LogP contribution >= 0.6 is 24.0 Å². The first kappa shape index (κ1) is 24.9. The van der Waals surface area contributed by atoms with Crippen LogP contribution in [-0.4, -0.2) is 64.9 Å². The Balaban J connectivity index is 0.00000625. The lowest BCUT2D eigenvalue weighted by Crippen LogP contribution is -2.40. The zero-order chi connectivity index (χ0) is 18.5. The summed E-state index contributed by atoms with van der Waals surface area (Å²) in [6.45, 7) is 9.14. The van der Waals surface area contributed by atoms with Crippen LogP contribution < -0.4 is 15.4 Å². The minimum absolute atomic E-state index is 0. The van der Waals surface area contributed by atoms with Crippen LogP contribution in [0.15, 0.2) is 23.2 Å². The molecule has 0 unspecified atom stereocenters. The van der Waals surface area contributed by atoms with E-state index in [0.717, 1.165) is 43.3 Å². The normalized spacial score (nSPS) is 11.2. The molecule has 2 N–H and O–H groups in total. The minimum atomic E-state index is 0. The number of nitrogens with one attached hydrogen (secondary N) is 2. The molecule has 0 saturated carbocycles. The largest absolute Gasteiger partial charge is 0.493 e. The second-order valence-electron chi connectivity index (χ2n) is 6.05. The molecule has 26 heavy (non-hydrogen) atoms. The molecule has 0 aliphatic carbocycles. The van der Waals surface area contributed by atoms with E-state index in [9.17, 15) is 0 Å². The van der Waals surface area contributed by atoms with Gasteiger partial charge in [0.15, 0.2) is 5.96 Å². The van der Waals surface area contributed by atoms with E-state index in [1.165, 1.54) is 5.56 Å². The summed E-state index contributed by atoms with van der Waals surface area (Å²) in [7, 11) is 5.60. The number of hydrogen-bond donors (Lipinski definition) is 2. The molecule has 1 aromatic rings. The van der Waals surface area contributed by atoms with Crippen LogP contribution in [-0.2, 0) is 11.3 Å². The van der Waals surface area contributed by atoms with Crippen molar-refractivity contribution >= 4 is 29.9 Å². The molecule has 0 bridgehead atoms. The smallest absolute Gasteiger partial charge is 0.191 e. The first-order valence-electron chi connectivity index (χ1n) is 8.95. The maximum absolute atomic E-state index is 5.93. The monoisotopic (exact) mass is 478 g/mol. The number of nitrogens with zero attached hydrogens (tertiary/aromatic N) is 2. The molecule has 0 atom stereocenters. The van der Waals surface area contributed by atoms with E-state index < -0.39 is 0 Å². The Morgan fingerprint density at radius 3 is 2.65 bits per heavy atom. The summed E-state index contributed by atoms with van der Waals surface area (Å²) in [5.74, 6) is 1.72. The molecule has 1 rings (SSSR count). The van der Waals surface area contributed by atoms with Crippen molar-refractivity contribution in [2.75, 3.05) is 54.1 Å². The van der Waals surface area contributed by atoms with Gasteiger partial charge in [-0.1, -0.05) is 19.1 Å². The lowest BCUT2D eigenvalue weighted by atomic mass is 10.1. The summed E-state index contributed by atoms with van der Waals surface area (Å²) in [6.07, 6.45) is 0.880. The number of methoxy groups -OCH3 is 1. The van der Waals surface area contributed by atoms with Gasteiger partial charge in [-0.15, -0.1) is 24.0 Å². The number of rotatable bonds is 11. The SMILES string of the molecule is CCN(C)CCNC(=NC)NCc1ccc(C)cc1OCCCOC.I. The average Bonchev–Trinajstić information content (AvgIpc) is 2.62. The number of aryl methyl sites for hydroxylation is 1. The fourth-order valence-electron chi connectivity index (χ4n) is 2.25. The molecule has 6 nitrogen and oxygen atoms in total. The van der Waals surface area contributed by atoms with Crippen LogP contribution in [0.3, 0.4) is 0 Å². The third kappa shape index (κ3) is 10.2. The highest BCUT2D eigenvalue weighted by Gasteiger charge is 2.06. The molecule has 7 heteroatoms. The summed E-state index contributed by atoms with van der Waals surface area (Å²) in [6, 6.07) is 6.29. The van der Waals surface area contributed by atoms with Gasteiger partial charge in [0.25, 0.3) is 0 Å². The molecule has 0 aliphatic heterocycles. The topological polar surface area (TPSA) is 58.1 Å². The highest BCUT2D eigenvalue weighted by Crippen LogP contribution is 2.20. The average molecular weight is 478 g/mol. The summed E-state index contributed by atoms with van der Waals surface area (Å²) < 4.78 is 11.0. The fraction of sp³-hybridized carbons (Fsp3) is 0.632. The second-order valence-corrected chi connectivity index (χ2v) is 6.05. The van der Waals surface area contributed by atoms with Crippen LogP contribution in [0, 0.1) is 6.92 Å². The summed E-state index contributed by atoms with van der Waals surface area (Å²) >= 11 is 0. The Bertz CT molecular complexity index is 526. The Hall–Kier alpha value is -1.06. The van der Waals surface area contributed by atoms with Gasteiger partial charge in [-0.2, -0.15) is 0 Å². The van der Waals surface area contributed by atoms with Gasteiger partial charge in [-0.25, -0.2) is 0 Å². The number of halogens is 1. The minimum Gasteiger partial charge on any atom is -0.493 e. The summed E-state index contributed by atoms with van der Waals surface area (Å²) in [4.78, 5) is 6.53. The van der Waals surface area contributed by atoms with Crippen LogP contribution in [0.5, 0.6) is 5.75 Å². The number of ether oxygens (including phenoxy) is 2. The molecular weight excluding hydrogens is 443 g/mol. The Morgan fingerprint density at radius 2 is 2.00 bits per heavy atom. The molecular formula is C19H35IN4O2. The van der Waals surface area contributed by atoms with E-state index in [-0.39, 0.29) is 24.0 Å². The molecule has 150 valence electrons. The predicted molar refractivity (Wildman–Crippen MR) is 120 cm³/mol. The van der Waals surface area contributed by atoms with Gasteiger partial charge in [-0.3, -0.25) is 4.99 Å². The molecule has 0 heterocycles. The maximum atomic E-state index is 5.93. The predicted octanol–water partition coefficient (Wildman–Crippen LogP) is 2.65. The zero-order valence-corrected chi connectivity index (χ0v) is 19.1. The van der Waals surface area contributed by atoms with Crippen molar-refractivity contribution in [3.05, 3.63) is 29.3 Å². The number of likely N-dealkylation sites (N-methyl/N-ethyl adjacent to an activating group) is 1. The van der Waals surface area contributed by atoms with Crippen LogP contribution in [0.2, 0.25) is 0 Å². The zero-order valence-electron chi connectivity index (χ0n) is 16.8. The molecule has 0 aliphatic rings. The van der Waals surface area contributed by atoms with Gasteiger partial charge >= 0.3 is 0 Å². The fourth-order valence-corrected chi connectivity index (χ4v) is 2.25. The molecule has 0 aromatic heterocycles. The molecule has 0 fully saturated rings. The first-order chi connectivity index (χ1) is 12.1. The van der Waals surface area contributed by atoms with Crippen LogP contribution in [0.4, 0.5) is 0 Å². The van der Waals surface area contributed by atoms with Crippen LogP contribution in [0.25, 0.3) is 0 Å². The molecule has 0 amide bonds. The standard InChI is InChI=1S/C19H34N4O2.HI/c1-6-23(4)11-10-21-19(20-3)22-15-17-9-8-16(2)14-18(17)25-13-7-12-24-5;/h8-9,14H,6-7,10-13,15H2,1-5H3,(H2,20,21,22);1H. The first-order valence-corrected chi connectivity index (χ1v) is 8.95. The van der Waals surface area contributed by atoms with Crippen molar-refractivity contribution in [3.63, 3.8) is 0 Å². The van der Waals surface area contributed by atoms with Crippen molar-refractivity contribution in [2.45, 2.75) is 26.8 Å². The van der Waals surface area contributed by atoms with Gasteiger partial charge in [0.2, 0.25) is 0 Å². The third-order valence-corrected chi connectivity index (χ3v) is 3.97. The lowest BCUT2D eigenvalue weighted by molar-refractivity contribution is 0.171. The van der Waals surface area contributed by atoms with Gasteiger partial charge in [-0.05, 0) is 32.1 Å². The van der Waals surface area contributed by atoms with E-state index in [0.29, 0.717) is 19.8 Å². The van der Waals surface area contributed by atoms with Gasteiger partial charge in [0.05, 0.1) is 6.61 Å². The number of benzene rings is 1. The van der Waals surface area contributed by atoms with Gasteiger partial charge in [0, 0.05) is 52.4 Å². The maximum Gasteiger partial charge on any atom is 0.191 e. The van der Waals surface area contributed by atoms with Crippen molar-refractivity contribution in [1.29, 1.82) is 0 Å². The molecule has 0 spiro atoms. The number of aliphatic imine (C=N–C) groups is 1. The van der Waals surface area contributed by atoms with E-state index >= 15 is 0 Å². The highest BCUT2D eigenvalue weighted by atomic mass is 127. The summed E-state index contributed by atoms with van der Waals surface area (Å²) in [5.41, 5.74) is 2.31. The number of guanidine groups is 1. The summed E-state index contributed by atoms with van der Waals surface area (Å²) in [5, 5.41) is 6.69. The lowest BCUT2D eigenvalue weighted by Gasteiger charge is -2.17.